The van der Waals surface area contributed by atoms with Crippen molar-refractivity contribution in [3.8, 4) is 0 Å². The van der Waals surface area contributed by atoms with Gasteiger partial charge in [-0.15, -0.1) is 0 Å². The van der Waals surface area contributed by atoms with Crippen LogP contribution < -0.4 is 0 Å². The van der Waals surface area contributed by atoms with Crippen LogP contribution in [0, 0.1) is 5.92 Å². The molecule has 1 aliphatic heterocycles. The molecule has 0 spiro atoms. The fraction of sp³-hybridized carbons (Fsp3) is 0.900. The Hall–Kier alpha value is -0.660. The van der Waals surface area contributed by atoms with Crippen molar-refractivity contribution in [1.82, 2.24) is 4.31 Å². The topological polar surface area (TPSA) is 94.9 Å². The van der Waals surface area contributed by atoms with Crippen molar-refractivity contribution < 1.29 is 23.4 Å². The first-order valence-electron chi connectivity index (χ1n) is 5.76. The lowest BCUT2D eigenvalue weighted by Gasteiger charge is -2.16. The molecule has 1 saturated heterocycles. The lowest BCUT2D eigenvalue weighted by Crippen LogP contribution is -2.31. The Morgan fingerprint density at radius 3 is 2.71 bits per heavy atom. The Bertz CT molecular complexity index is 354. The van der Waals surface area contributed by atoms with E-state index in [0.717, 1.165) is 6.42 Å². The van der Waals surface area contributed by atoms with E-state index in [-0.39, 0.29) is 31.1 Å². The molecule has 1 aliphatic rings. The number of hydrogen-bond donors (Lipinski definition) is 2. The molecule has 0 aromatic rings. The summed E-state index contributed by atoms with van der Waals surface area (Å²) in [6.07, 6.45) is 1.44. The maximum Gasteiger partial charge on any atom is 0.303 e. The fourth-order valence-corrected chi connectivity index (χ4v) is 3.59. The third-order valence-corrected chi connectivity index (χ3v) is 4.90. The standard InChI is InChI=1S/C10H19NO5S/c12-6-4-9-3-5-11(8-9)17(15,16)7-1-2-10(13)14/h9,12H,1-8H2,(H,13,14). The average molecular weight is 265 g/mol. The number of carbonyl (C=O) groups is 1. The molecule has 1 unspecified atom stereocenters. The normalized spacial score (nSPS) is 21.8. The molecule has 0 saturated carbocycles. The molecular formula is C10H19NO5S. The molecule has 1 fully saturated rings. The lowest BCUT2D eigenvalue weighted by atomic mass is 10.1. The third kappa shape index (κ3) is 4.61. The maximum absolute atomic E-state index is 11.8. The summed E-state index contributed by atoms with van der Waals surface area (Å²) in [7, 11) is -3.32. The summed E-state index contributed by atoms with van der Waals surface area (Å²) >= 11 is 0. The molecule has 0 radical (unpaired) electrons. The van der Waals surface area contributed by atoms with Crippen molar-refractivity contribution in [2.24, 2.45) is 5.92 Å². The third-order valence-electron chi connectivity index (χ3n) is 2.97. The minimum absolute atomic E-state index is 0.0809. The Morgan fingerprint density at radius 1 is 1.41 bits per heavy atom. The van der Waals surface area contributed by atoms with Crippen LogP contribution in [0.5, 0.6) is 0 Å². The highest BCUT2D eigenvalue weighted by Gasteiger charge is 2.30. The SMILES string of the molecule is O=C(O)CCCS(=O)(=O)N1CCC(CCO)C1. The Balaban J connectivity index is 2.40. The zero-order chi connectivity index (χ0) is 12.9. The molecule has 1 atom stereocenters. The number of carboxylic acid groups (broad SMARTS) is 1. The predicted octanol–water partition coefficient (Wildman–Crippen LogP) is -0.115. The number of carboxylic acids is 1. The van der Waals surface area contributed by atoms with Crippen LogP contribution in [-0.4, -0.2) is 54.4 Å². The van der Waals surface area contributed by atoms with Crippen molar-refractivity contribution in [3.63, 3.8) is 0 Å². The number of nitrogens with zero attached hydrogens (tertiary/aromatic N) is 1. The van der Waals surface area contributed by atoms with Gasteiger partial charge in [-0.3, -0.25) is 4.79 Å². The van der Waals surface area contributed by atoms with Gasteiger partial charge in [-0.2, -0.15) is 0 Å². The maximum atomic E-state index is 11.8. The van der Waals surface area contributed by atoms with Gasteiger partial charge >= 0.3 is 5.97 Å². The summed E-state index contributed by atoms with van der Waals surface area (Å²) in [4.78, 5) is 10.3. The van der Waals surface area contributed by atoms with E-state index in [1.165, 1.54) is 4.31 Å². The first kappa shape index (κ1) is 14.4. The Kier molecular flexibility index (Phi) is 5.35. The van der Waals surface area contributed by atoms with E-state index in [1.807, 2.05) is 0 Å². The van der Waals surface area contributed by atoms with Gasteiger partial charge in [0.05, 0.1) is 5.75 Å². The molecule has 100 valence electrons. The number of aliphatic hydroxyl groups excluding tert-OH is 1. The van der Waals surface area contributed by atoms with E-state index in [9.17, 15) is 13.2 Å². The quantitative estimate of drug-likeness (QED) is 0.669. The summed E-state index contributed by atoms with van der Waals surface area (Å²) in [5.74, 6) is -0.848. The van der Waals surface area contributed by atoms with Crippen LogP contribution in [0.25, 0.3) is 0 Å². The van der Waals surface area contributed by atoms with Gasteiger partial charge in [-0.05, 0) is 25.2 Å². The van der Waals surface area contributed by atoms with Crippen molar-refractivity contribution in [2.75, 3.05) is 25.4 Å². The predicted molar refractivity (Wildman–Crippen MR) is 62.0 cm³/mol. The molecule has 1 rings (SSSR count). The second-order valence-corrected chi connectivity index (χ2v) is 6.43. The van der Waals surface area contributed by atoms with Gasteiger partial charge in [0.1, 0.15) is 0 Å². The van der Waals surface area contributed by atoms with Gasteiger partial charge in [0.25, 0.3) is 0 Å². The monoisotopic (exact) mass is 265 g/mol. The van der Waals surface area contributed by atoms with Gasteiger partial charge < -0.3 is 10.2 Å². The first-order valence-corrected chi connectivity index (χ1v) is 7.37. The van der Waals surface area contributed by atoms with Gasteiger partial charge in [-0.25, -0.2) is 12.7 Å². The van der Waals surface area contributed by atoms with Crippen LogP contribution in [0.4, 0.5) is 0 Å². The summed E-state index contributed by atoms with van der Waals surface area (Å²) in [5.41, 5.74) is 0. The van der Waals surface area contributed by atoms with Crippen LogP contribution in [-0.2, 0) is 14.8 Å². The largest absolute Gasteiger partial charge is 0.481 e. The van der Waals surface area contributed by atoms with E-state index in [1.54, 1.807) is 0 Å². The fourth-order valence-electron chi connectivity index (χ4n) is 2.00. The first-order chi connectivity index (χ1) is 7.95. The summed E-state index contributed by atoms with van der Waals surface area (Å²) < 4.78 is 25.1. The average Bonchev–Trinajstić information content (AvgIpc) is 2.66. The highest BCUT2D eigenvalue weighted by atomic mass is 32.2. The smallest absolute Gasteiger partial charge is 0.303 e. The molecule has 0 aromatic carbocycles. The molecule has 17 heavy (non-hydrogen) atoms. The number of hydrogen-bond acceptors (Lipinski definition) is 4. The molecule has 0 aromatic heterocycles. The zero-order valence-electron chi connectivity index (χ0n) is 9.71. The number of aliphatic hydroxyl groups is 1. The highest BCUT2D eigenvalue weighted by molar-refractivity contribution is 7.89. The van der Waals surface area contributed by atoms with Crippen LogP contribution in [0.15, 0.2) is 0 Å². The molecule has 2 N–H and O–H groups in total. The van der Waals surface area contributed by atoms with E-state index >= 15 is 0 Å². The summed E-state index contributed by atoms with van der Waals surface area (Å²) in [5, 5.41) is 17.2. The minimum Gasteiger partial charge on any atom is -0.481 e. The van der Waals surface area contributed by atoms with Crippen LogP contribution >= 0.6 is 0 Å². The van der Waals surface area contributed by atoms with Gasteiger partial charge in [0, 0.05) is 26.1 Å². The summed E-state index contributed by atoms with van der Waals surface area (Å²) in [6.45, 7) is 1.02. The number of aliphatic carboxylic acids is 1. The van der Waals surface area contributed by atoms with Gasteiger partial charge in [0.15, 0.2) is 0 Å². The van der Waals surface area contributed by atoms with Crippen molar-refractivity contribution >= 4 is 16.0 Å². The zero-order valence-corrected chi connectivity index (χ0v) is 10.5. The Labute approximate surface area is 101 Å². The minimum atomic E-state index is -3.32. The van der Waals surface area contributed by atoms with Gasteiger partial charge in [-0.1, -0.05) is 0 Å². The van der Waals surface area contributed by atoms with E-state index in [0.29, 0.717) is 19.5 Å². The molecule has 0 aliphatic carbocycles. The lowest BCUT2D eigenvalue weighted by molar-refractivity contribution is -0.137. The second-order valence-electron chi connectivity index (χ2n) is 4.34. The van der Waals surface area contributed by atoms with E-state index in [4.69, 9.17) is 10.2 Å². The van der Waals surface area contributed by atoms with E-state index in [2.05, 4.69) is 0 Å². The van der Waals surface area contributed by atoms with E-state index < -0.39 is 16.0 Å². The Morgan fingerprint density at radius 2 is 2.12 bits per heavy atom. The van der Waals surface area contributed by atoms with Crippen molar-refractivity contribution in [3.05, 3.63) is 0 Å². The molecule has 6 nitrogen and oxygen atoms in total. The van der Waals surface area contributed by atoms with Crippen molar-refractivity contribution in [2.45, 2.75) is 25.7 Å². The molecule has 0 amide bonds. The number of rotatable bonds is 7. The van der Waals surface area contributed by atoms with Crippen LogP contribution in [0.3, 0.4) is 0 Å². The summed E-state index contributed by atoms with van der Waals surface area (Å²) in [6, 6.07) is 0. The van der Waals surface area contributed by atoms with Gasteiger partial charge in [0.2, 0.25) is 10.0 Å². The molecule has 1 heterocycles. The number of sulfonamides is 1. The second kappa shape index (κ2) is 6.32. The van der Waals surface area contributed by atoms with Crippen LogP contribution in [0.1, 0.15) is 25.7 Å². The van der Waals surface area contributed by atoms with Crippen molar-refractivity contribution in [1.29, 1.82) is 0 Å². The molecular weight excluding hydrogens is 246 g/mol. The molecule has 0 bridgehead atoms. The van der Waals surface area contributed by atoms with Crippen LogP contribution in [0.2, 0.25) is 0 Å². The highest BCUT2D eigenvalue weighted by Crippen LogP contribution is 2.22. The molecule has 7 heteroatoms.